The van der Waals surface area contributed by atoms with Gasteiger partial charge < -0.3 is 9.09 Å². The number of thioether (sulfide) groups is 1. The van der Waals surface area contributed by atoms with Crippen molar-refractivity contribution in [3.8, 4) is 11.3 Å². The summed E-state index contributed by atoms with van der Waals surface area (Å²) in [4.78, 5) is 8.90. The Balaban J connectivity index is 1.66. The van der Waals surface area contributed by atoms with Crippen LogP contribution in [0.5, 0.6) is 0 Å². The van der Waals surface area contributed by atoms with E-state index in [2.05, 4.69) is 31.8 Å². The Morgan fingerprint density at radius 3 is 2.56 bits per heavy atom. The van der Waals surface area contributed by atoms with Crippen molar-refractivity contribution in [2.45, 2.75) is 24.4 Å². The van der Waals surface area contributed by atoms with Gasteiger partial charge >= 0.3 is 0 Å². The maximum atomic E-state index is 6.04. The lowest BCUT2D eigenvalue weighted by Crippen LogP contribution is -2.04. The van der Waals surface area contributed by atoms with Crippen molar-refractivity contribution >= 4 is 23.4 Å². The summed E-state index contributed by atoms with van der Waals surface area (Å²) >= 11 is 7.62. The third-order valence-electron chi connectivity index (χ3n) is 4.04. The summed E-state index contributed by atoms with van der Waals surface area (Å²) in [5, 5.41) is 5.46. The van der Waals surface area contributed by atoms with E-state index in [4.69, 9.17) is 16.1 Å². The largest absolute Gasteiger partial charge is 0.338 e. The molecule has 7 heteroatoms. The van der Waals surface area contributed by atoms with Gasteiger partial charge in [0.25, 0.3) is 0 Å². The Morgan fingerprint density at radius 1 is 1.07 bits per heavy atom. The molecule has 0 bridgehead atoms. The van der Waals surface area contributed by atoms with E-state index in [1.165, 1.54) is 5.56 Å². The predicted molar refractivity (Wildman–Crippen MR) is 107 cm³/mol. The van der Waals surface area contributed by atoms with Gasteiger partial charge in [-0.1, -0.05) is 71.0 Å². The Morgan fingerprint density at radius 2 is 1.85 bits per heavy atom. The molecule has 2 heterocycles. The molecule has 0 amide bonds. The van der Waals surface area contributed by atoms with E-state index in [9.17, 15) is 0 Å². The highest BCUT2D eigenvalue weighted by atomic mass is 35.5. The second-order valence-electron chi connectivity index (χ2n) is 6.03. The topological polar surface area (TPSA) is 56.7 Å². The van der Waals surface area contributed by atoms with E-state index in [-0.39, 0.29) is 0 Å². The van der Waals surface area contributed by atoms with Crippen LogP contribution in [0.2, 0.25) is 5.02 Å². The molecule has 4 aromatic rings. The van der Waals surface area contributed by atoms with Gasteiger partial charge in [-0.2, -0.15) is 4.98 Å². The highest BCUT2D eigenvalue weighted by molar-refractivity contribution is 7.98. The molecule has 0 N–H and O–H groups in total. The lowest BCUT2D eigenvalue weighted by atomic mass is 10.1. The van der Waals surface area contributed by atoms with Crippen molar-refractivity contribution in [3.05, 3.63) is 83.1 Å². The second-order valence-corrected chi connectivity index (χ2v) is 7.41. The third kappa shape index (κ3) is 4.23. The molecular formula is C20H17ClN4OS. The van der Waals surface area contributed by atoms with Crippen molar-refractivity contribution in [3.63, 3.8) is 0 Å². The van der Waals surface area contributed by atoms with Crippen LogP contribution in [-0.2, 0) is 12.3 Å². The van der Waals surface area contributed by atoms with Crippen molar-refractivity contribution in [1.82, 2.24) is 19.7 Å². The maximum absolute atomic E-state index is 6.04. The van der Waals surface area contributed by atoms with Crippen LogP contribution < -0.4 is 0 Å². The van der Waals surface area contributed by atoms with Gasteiger partial charge in [0.05, 0.1) is 24.2 Å². The van der Waals surface area contributed by atoms with Gasteiger partial charge in [0.2, 0.25) is 5.89 Å². The summed E-state index contributed by atoms with van der Waals surface area (Å²) in [6.45, 7) is 2.54. The number of benzene rings is 2. The molecule has 0 aliphatic carbocycles. The molecule has 2 aromatic heterocycles. The molecule has 0 atom stereocenters. The third-order valence-corrected chi connectivity index (χ3v) is 5.26. The molecule has 0 radical (unpaired) electrons. The second kappa shape index (κ2) is 7.98. The summed E-state index contributed by atoms with van der Waals surface area (Å²) in [6.07, 6.45) is 1.90. The first kappa shape index (κ1) is 17.8. The number of aromatic nitrogens is 4. The average molecular weight is 397 g/mol. The number of rotatable bonds is 6. The average Bonchev–Trinajstić information content (AvgIpc) is 3.28. The standard InChI is InChI=1S/C20H17ClN4OS/c1-14-23-19(26-24-14)13-27-20-22-11-18(16-7-9-17(21)10-8-16)25(20)12-15-5-3-2-4-6-15/h2-11H,12-13H2,1H3. The van der Waals surface area contributed by atoms with Gasteiger partial charge in [-0.25, -0.2) is 4.98 Å². The molecule has 5 nitrogen and oxygen atoms in total. The number of hydrogen-bond acceptors (Lipinski definition) is 5. The smallest absolute Gasteiger partial charge is 0.237 e. The van der Waals surface area contributed by atoms with E-state index >= 15 is 0 Å². The SMILES string of the molecule is Cc1noc(CSc2ncc(-c3ccc(Cl)cc3)n2Cc2ccccc2)n1. The fourth-order valence-electron chi connectivity index (χ4n) is 2.77. The first-order chi connectivity index (χ1) is 13.2. The zero-order valence-corrected chi connectivity index (χ0v) is 16.2. The lowest BCUT2D eigenvalue weighted by Gasteiger charge is -2.12. The summed E-state index contributed by atoms with van der Waals surface area (Å²) in [5.41, 5.74) is 3.32. The summed E-state index contributed by atoms with van der Waals surface area (Å²) in [5.74, 6) is 1.81. The molecule has 0 spiro atoms. The van der Waals surface area contributed by atoms with E-state index in [1.54, 1.807) is 11.8 Å². The number of nitrogens with zero attached hydrogens (tertiary/aromatic N) is 4. The quantitative estimate of drug-likeness (QED) is 0.417. The van der Waals surface area contributed by atoms with Crippen LogP contribution in [0.3, 0.4) is 0 Å². The number of aryl methyl sites for hydroxylation is 1. The Hall–Kier alpha value is -2.57. The van der Waals surface area contributed by atoms with E-state index in [0.29, 0.717) is 22.5 Å². The zero-order chi connectivity index (χ0) is 18.6. The van der Waals surface area contributed by atoms with Gasteiger partial charge in [-0.3, -0.25) is 0 Å². The number of imidazole rings is 1. The van der Waals surface area contributed by atoms with Crippen LogP contribution in [-0.4, -0.2) is 19.7 Å². The van der Waals surface area contributed by atoms with E-state index in [1.807, 2.05) is 55.6 Å². The molecule has 0 aliphatic rings. The van der Waals surface area contributed by atoms with Crippen LogP contribution in [0.1, 0.15) is 17.3 Å². The number of halogens is 1. The van der Waals surface area contributed by atoms with Crippen molar-refractivity contribution < 1.29 is 4.52 Å². The van der Waals surface area contributed by atoms with Crippen LogP contribution in [0.25, 0.3) is 11.3 Å². The molecule has 0 saturated carbocycles. The summed E-state index contributed by atoms with van der Waals surface area (Å²) in [7, 11) is 0. The van der Waals surface area contributed by atoms with E-state index < -0.39 is 0 Å². The maximum Gasteiger partial charge on any atom is 0.237 e. The zero-order valence-electron chi connectivity index (χ0n) is 14.7. The summed E-state index contributed by atoms with van der Waals surface area (Å²) in [6, 6.07) is 18.1. The van der Waals surface area contributed by atoms with Crippen LogP contribution in [0, 0.1) is 6.92 Å². The monoisotopic (exact) mass is 396 g/mol. The highest BCUT2D eigenvalue weighted by Gasteiger charge is 2.14. The first-order valence-corrected chi connectivity index (χ1v) is 9.83. The van der Waals surface area contributed by atoms with Crippen molar-refractivity contribution in [2.75, 3.05) is 0 Å². The first-order valence-electron chi connectivity index (χ1n) is 8.46. The van der Waals surface area contributed by atoms with Crippen LogP contribution in [0.15, 0.2) is 70.5 Å². The van der Waals surface area contributed by atoms with Gasteiger partial charge in [-0.15, -0.1) is 0 Å². The van der Waals surface area contributed by atoms with E-state index in [0.717, 1.165) is 23.0 Å². The van der Waals surface area contributed by atoms with Crippen molar-refractivity contribution in [2.24, 2.45) is 0 Å². The fourth-order valence-corrected chi connectivity index (χ4v) is 3.71. The molecule has 4 rings (SSSR count). The van der Waals surface area contributed by atoms with Gasteiger partial charge in [-0.05, 0) is 30.2 Å². The fraction of sp³-hybridized carbons (Fsp3) is 0.150. The van der Waals surface area contributed by atoms with Gasteiger partial charge in [0.1, 0.15) is 0 Å². The van der Waals surface area contributed by atoms with Crippen LogP contribution >= 0.6 is 23.4 Å². The normalized spacial score (nSPS) is 11.0. The number of hydrogen-bond donors (Lipinski definition) is 0. The Kier molecular flexibility index (Phi) is 5.27. The lowest BCUT2D eigenvalue weighted by molar-refractivity contribution is 0.387. The Labute approximate surface area is 166 Å². The Bertz CT molecular complexity index is 1030. The molecule has 136 valence electrons. The highest BCUT2D eigenvalue weighted by Crippen LogP contribution is 2.29. The minimum Gasteiger partial charge on any atom is -0.338 e. The van der Waals surface area contributed by atoms with Gasteiger partial charge in [0, 0.05) is 5.02 Å². The van der Waals surface area contributed by atoms with Crippen LogP contribution in [0.4, 0.5) is 0 Å². The minimum absolute atomic E-state index is 0.576. The molecule has 27 heavy (non-hydrogen) atoms. The molecule has 0 fully saturated rings. The molecule has 2 aromatic carbocycles. The van der Waals surface area contributed by atoms with Crippen molar-refractivity contribution in [1.29, 1.82) is 0 Å². The van der Waals surface area contributed by atoms with Gasteiger partial charge in [0.15, 0.2) is 11.0 Å². The molecule has 0 unspecified atom stereocenters. The molecule has 0 saturated heterocycles. The molecular weight excluding hydrogens is 380 g/mol. The predicted octanol–water partition coefficient (Wildman–Crippen LogP) is 5.24. The summed E-state index contributed by atoms with van der Waals surface area (Å²) < 4.78 is 7.42. The molecule has 0 aliphatic heterocycles. The minimum atomic E-state index is 0.576.